The van der Waals surface area contributed by atoms with E-state index in [4.69, 9.17) is 5.26 Å². The van der Waals surface area contributed by atoms with Crippen LogP contribution in [0.15, 0.2) is 24.3 Å². The van der Waals surface area contributed by atoms with Crippen molar-refractivity contribution in [3.05, 3.63) is 35.5 Å². The van der Waals surface area contributed by atoms with Crippen LogP contribution in [0.1, 0.15) is 37.9 Å². The van der Waals surface area contributed by atoms with E-state index in [2.05, 4.69) is 37.5 Å². The Balaban J connectivity index is 2.74. The summed E-state index contributed by atoms with van der Waals surface area (Å²) in [6.45, 7) is 7.49. The Morgan fingerprint density at radius 2 is 2.06 bits per heavy atom. The fraction of sp³-hybridized carbons (Fsp3) is 0.357. The maximum atomic E-state index is 8.92. The van der Waals surface area contributed by atoms with Gasteiger partial charge in [-0.1, -0.05) is 19.9 Å². The molecule has 1 heterocycles. The molecule has 0 spiro atoms. The molecule has 0 aliphatic rings. The van der Waals surface area contributed by atoms with E-state index in [0.717, 1.165) is 12.1 Å². The van der Waals surface area contributed by atoms with Gasteiger partial charge in [-0.25, -0.2) is 0 Å². The normalized spacial score (nSPS) is 10.9. The fourth-order valence-electron chi connectivity index (χ4n) is 2.18. The van der Waals surface area contributed by atoms with Crippen LogP contribution in [-0.2, 0) is 6.54 Å². The highest BCUT2D eigenvalue weighted by atomic mass is 15.0. The van der Waals surface area contributed by atoms with Crippen LogP contribution in [0.25, 0.3) is 10.9 Å². The maximum Gasteiger partial charge on any atom is 0.0992 e. The van der Waals surface area contributed by atoms with Gasteiger partial charge in [0.2, 0.25) is 0 Å². The van der Waals surface area contributed by atoms with Crippen molar-refractivity contribution in [3.8, 4) is 6.07 Å². The summed E-state index contributed by atoms with van der Waals surface area (Å²) >= 11 is 0. The molecular weight excluding hydrogens is 196 g/mol. The summed E-state index contributed by atoms with van der Waals surface area (Å²) in [7, 11) is 0. The Hall–Kier alpha value is -1.75. The summed E-state index contributed by atoms with van der Waals surface area (Å²) in [4.78, 5) is 0. The molecule has 0 radical (unpaired) electrons. The largest absolute Gasteiger partial charge is 0.345 e. The van der Waals surface area contributed by atoms with E-state index in [1.54, 1.807) is 0 Å². The van der Waals surface area contributed by atoms with Gasteiger partial charge in [0.15, 0.2) is 0 Å². The van der Waals surface area contributed by atoms with Gasteiger partial charge in [0.1, 0.15) is 0 Å². The zero-order chi connectivity index (χ0) is 11.7. The van der Waals surface area contributed by atoms with Gasteiger partial charge >= 0.3 is 0 Å². The molecule has 82 valence electrons. The molecule has 0 saturated heterocycles. The van der Waals surface area contributed by atoms with E-state index in [9.17, 15) is 0 Å². The van der Waals surface area contributed by atoms with E-state index < -0.39 is 0 Å². The third kappa shape index (κ3) is 1.59. The van der Waals surface area contributed by atoms with Crippen molar-refractivity contribution in [2.24, 2.45) is 0 Å². The lowest BCUT2D eigenvalue weighted by atomic mass is 10.1. The molecule has 0 bridgehead atoms. The number of aromatic nitrogens is 1. The number of nitrogens with zero attached hydrogens (tertiary/aromatic N) is 2. The zero-order valence-corrected chi connectivity index (χ0v) is 9.99. The number of aryl methyl sites for hydroxylation is 1. The van der Waals surface area contributed by atoms with Crippen LogP contribution in [0.4, 0.5) is 0 Å². The third-order valence-electron chi connectivity index (χ3n) is 2.97. The maximum absolute atomic E-state index is 8.92. The smallest absolute Gasteiger partial charge is 0.0992 e. The molecule has 0 N–H and O–H groups in total. The number of rotatable bonds is 2. The van der Waals surface area contributed by atoms with E-state index in [-0.39, 0.29) is 0 Å². The number of nitriles is 1. The van der Waals surface area contributed by atoms with Gasteiger partial charge in [-0.15, -0.1) is 0 Å². The molecule has 0 unspecified atom stereocenters. The molecule has 0 atom stereocenters. The molecule has 0 fully saturated rings. The summed E-state index contributed by atoms with van der Waals surface area (Å²) < 4.78 is 2.29. The number of hydrogen-bond acceptors (Lipinski definition) is 1. The molecule has 0 amide bonds. The van der Waals surface area contributed by atoms with Crippen LogP contribution in [0.2, 0.25) is 0 Å². The van der Waals surface area contributed by atoms with E-state index >= 15 is 0 Å². The molecular formula is C14H16N2. The summed E-state index contributed by atoms with van der Waals surface area (Å²) in [6.07, 6.45) is 0. The van der Waals surface area contributed by atoms with Crippen molar-refractivity contribution in [3.63, 3.8) is 0 Å². The molecule has 1 aromatic carbocycles. The Kier molecular flexibility index (Phi) is 2.70. The highest BCUT2D eigenvalue weighted by molar-refractivity contribution is 5.83. The van der Waals surface area contributed by atoms with Gasteiger partial charge in [0.25, 0.3) is 0 Å². The van der Waals surface area contributed by atoms with Crippen LogP contribution < -0.4 is 0 Å². The van der Waals surface area contributed by atoms with Gasteiger partial charge in [0.05, 0.1) is 11.6 Å². The van der Waals surface area contributed by atoms with Crippen LogP contribution in [0, 0.1) is 11.3 Å². The van der Waals surface area contributed by atoms with Crippen LogP contribution in [0.5, 0.6) is 0 Å². The Bertz CT molecular complexity index is 556. The minimum atomic E-state index is 0.512. The highest BCUT2D eigenvalue weighted by Gasteiger charge is 2.10. The van der Waals surface area contributed by atoms with Crippen molar-refractivity contribution >= 4 is 10.9 Å². The zero-order valence-electron chi connectivity index (χ0n) is 9.99. The van der Waals surface area contributed by atoms with E-state index in [1.165, 1.54) is 16.6 Å². The van der Waals surface area contributed by atoms with Gasteiger partial charge < -0.3 is 4.57 Å². The lowest BCUT2D eigenvalue weighted by Crippen LogP contribution is -2.01. The lowest BCUT2D eigenvalue weighted by molar-refractivity contribution is 0.691. The summed E-state index contributed by atoms with van der Waals surface area (Å²) in [6, 6.07) is 10.3. The van der Waals surface area contributed by atoms with Crippen LogP contribution in [0.3, 0.4) is 0 Å². The number of benzene rings is 1. The van der Waals surface area contributed by atoms with Crippen molar-refractivity contribution in [2.45, 2.75) is 33.2 Å². The first-order valence-corrected chi connectivity index (χ1v) is 5.70. The van der Waals surface area contributed by atoms with Crippen LogP contribution >= 0.6 is 0 Å². The van der Waals surface area contributed by atoms with Gasteiger partial charge in [-0.3, -0.25) is 0 Å². The molecule has 2 nitrogen and oxygen atoms in total. The van der Waals surface area contributed by atoms with Crippen molar-refractivity contribution < 1.29 is 0 Å². The first-order valence-electron chi connectivity index (χ1n) is 5.70. The van der Waals surface area contributed by atoms with E-state index in [0.29, 0.717) is 5.92 Å². The Morgan fingerprint density at radius 1 is 1.31 bits per heavy atom. The predicted octanol–water partition coefficient (Wildman–Crippen LogP) is 3.66. The first kappa shape index (κ1) is 10.8. The molecule has 2 aromatic rings. The second-order valence-corrected chi connectivity index (χ2v) is 4.35. The van der Waals surface area contributed by atoms with Crippen molar-refractivity contribution in [1.29, 1.82) is 5.26 Å². The average molecular weight is 212 g/mol. The summed E-state index contributed by atoms with van der Waals surface area (Å²) in [5.74, 6) is 0.512. The van der Waals surface area contributed by atoms with Gasteiger partial charge in [-0.05, 0) is 36.4 Å². The van der Waals surface area contributed by atoms with Crippen molar-refractivity contribution in [2.75, 3.05) is 0 Å². The molecule has 0 aliphatic carbocycles. The summed E-state index contributed by atoms with van der Waals surface area (Å²) in [5, 5.41) is 10.1. The molecule has 0 saturated carbocycles. The minimum absolute atomic E-state index is 0.512. The fourth-order valence-corrected chi connectivity index (χ4v) is 2.18. The Labute approximate surface area is 96.1 Å². The second-order valence-electron chi connectivity index (χ2n) is 4.35. The topological polar surface area (TPSA) is 28.7 Å². The van der Waals surface area contributed by atoms with E-state index in [1.807, 2.05) is 18.2 Å². The molecule has 1 aromatic heterocycles. The number of hydrogen-bond donors (Lipinski definition) is 0. The molecule has 2 rings (SSSR count). The quantitative estimate of drug-likeness (QED) is 0.746. The predicted molar refractivity (Wildman–Crippen MR) is 66.4 cm³/mol. The van der Waals surface area contributed by atoms with Gasteiger partial charge in [-0.2, -0.15) is 5.26 Å². The first-order chi connectivity index (χ1) is 7.67. The summed E-state index contributed by atoms with van der Waals surface area (Å²) in [5.41, 5.74) is 3.24. The van der Waals surface area contributed by atoms with Crippen LogP contribution in [-0.4, -0.2) is 4.57 Å². The highest BCUT2D eigenvalue weighted by Crippen LogP contribution is 2.26. The molecule has 16 heavy (non-hydrogen) atoms. The molecule has 2 heteroatoms. The third-order valence-corrected chi connectivity index (χ3v) is 2.97. The SMILES string of the molecule is CCn1c(C(C)C)cc2ccc(C#N)cc21. The minimum Gasteiger partial charge on any atom is -0.345 e. The van der Waals surface area contributed by atoms with Gasteiger partial charge in [0, 0.05) is 17.8 Å². The monoisotopic (exact) mass is 212 g/mol. The average Bonchev–Trinajstić information content (AvgIpc) is 2.66. The molecule has 0 aliphatic heterocycles. The standard InChI is InChI=1S/C14H16N2/c1-4-16-13(10(2)3)8-12-6-5-11(9-15)7-14(12)16/h5-8,10H,4H2,1-3H3. The lowest BCUT2D eigenvalue weighted by Gasteiger charge is -2.10. The number of fused-ring (bicyclic) bond motifs is 1. The Morgan fingerprint density at radius 3 is 2.62 bits per heavy atom. The van der Waals surface area contributed by atoms with Crippen molar-refractivity contribution in [1.82, 2.24) is 4.57 Å². The second kappa shape index (κ2) is 4.02.